The van der Waals surface area contributed by atoms with Crippen LogP contribution in [0.1, 0.15) is 10.4 Å². The van der Waals surface area contributed by atoms with Gasteiger partial charge in [-0.05, 0) is 34.7 Å². The average molecular weight is 456 g/mol. The number of esters is 1. The molecule has 0 fully saturated rings. The van der Waals surface area contributed by atoms with Crippen molar-refractivity contribution >= 4 is 46.0 Å². The molecule has 0 aliphatic carbocycles. The fourth-order valence-electron chi connectivity index (χ4n) is 2.10. The molecule has 0 aromatic heterocycles. The minimum absolute atomic E-state index is 0.151. The van der Waals surface area contributed by atoms with E-state index in [1.165, 1.54) is 33.5 Å². The predicted octanol–water partition coefficient (Wildman–Crippen LogP) is 3.74. The van der Waals surface area contributed by atoms with Crippen LogP contribution < -0.4 is 20.1 Å². The SMILES string of the molecule is COC(=O)c1cc(OC)c(OC)cc1NC(=O)Nc1ccccc1I. The van der Waals surface area contributed by atoms with Gasteiger partial charge < -0.3 is 24.8 Å². The third-order valence-corrected chi connectivity index (χ3v) is 4.24. The average Bonchev–Trinajstić information content (AvgIpc) is 2.62. The van der Waals surface area contributed by atoms with Crippen LogP contribution in [0.5, 0.6) is 11.5 Å². The number of ether oxygens (including phenoxy) is 3. The molecule has 0 unspecified atom stereocenters. The van der Waals surface area contributed by atoms with Gasteiger partial charge in [0.25, 0.3) is 0 Å². The second-order valence-electron chi connectivity index (χ2n) is 4.80. The highest BCUT2D eigenvalue weighted by molar-refractivity contribution is 14.1. The molecule has 7 nitrogen and oxygen atoms in total. The molecule has 25 heavy (non-hydrogen) atoms. The molecule has 2 rings (SSSR count). The van der Waals surface area contributed by atoms with Crippen molar-refractivity contribution in [2.75, 3.05) is 32.0 Å². The molecule has 0 atom stereocenters. The zero-order chi connectivity index (χ0) is 18.4. The van der Waals surface area contributed by atoms with E-state index in [9.17, 15) is 9.59 Å². The van der Waals surface area contributed by atoms with Crippen molar-refractivity contribution in [3.63, 3.8) is 0 Å². The lowest BCUT2D eigenvalue weighted by molar-refractivity contribution is 0.0601. The Morgan fingerprint density at radius 3 is 2.12 bits per heavy atom. The third-order valence-electron chi connectivity index (χ3n) is 3.30. The molecule has 0 bridgehead atoms. The number of benzene rings is 2. The summed E-state index contributed by atoms with van der Waals surface area (Å²) in [4.78, 5) is 24.3. The van der Waals surface area contributed by atoms with Gasteiger partial charge in [0.05, 0.1) is 38.3 Å². The first-order chi connectivity index (χ1) is 12.0. The highest BCUT2D eigenvalue weighted by Crippen LogP contribution is 2.34. The summed E-state index contributed by atoms with van der Waals surface area (Å²) in [6.07, 6.45) is 0. The largest absolute Gasteiger partial charge is 0.493 e. The fourth-order valence-corrected chi connectivity index (χ4v) is 2.62. The van der Waals surface area contributed by atoms with E-state index in [0.717, 1.165) is 3.57 Å². The van der Waals surface area contributed by atoms with Gasteiger partial charge in [-0.25, -0.2) is 9.59 Å². The normalized spacial score (nSPS) is 9.92. The monoisotopic (exact) mass is 456 g/mol. The van der Waals surface area contributed by atoms with Crippen molar-refractivity contribution in [3.8, 4) is 11.5 Å². The molecule has 2 amide bonds. The third kappa shape index (κ3) is 4.53. The van der Waals surface area contributed by atoms with E-state index in [1.807, 2.05) is 18.2 Å². The molecule has 0 heterocycles. The van der Waals surface area contributed by atoms with E-state index in [-0.39, 0.29) is 11.3 Å². The minimum Gasteiger partial charge on any atom is -0.493 e. The van der Waals surface area contributed by atoms with Crippen LogP contribution in [0.2, 0.25) is 0 Å². The minimum atomic E-state index is -0.606. The number of carbonyl (C=O) groups excluding carboxylic acids is 2. The van der Waals surface area contributed by atoms with Crippen LogP contribution in [-0.2, 0) is 4.74 Å². The number of amides is 2. The summed E-state index contributed by atoms with van der Waals surface area (Å²) in [6, 6.07) is 9.78. The quantitative estimate of drug-likeness (QED) is 0.529. The maximum atomic E-state index is 12.3. The molecule has 132 valence electrons. The van der Waals surface area contributed by atoms with Crippen LogP contribution in [0.4, 0.5) is 16.2 Å². The Morgan fingerprint density at radius 2 is 1.52 bits per heavy atom. The summed E-state index contributed by atoms with van der Waals surface area (Å²) >= 11 is 2.12. The van der Waals surface area contributed by atoms with Crippen molar-refractivity contribution in [3.05, 3.63) is 45.5 Å². The van der Waals surface area contributed by atoms with Crippen molar-refractivity contribution in [2.45, 2.75) is 0 Å². The first kappa shape index (κ1) is 18.8. The Bertz CT molecular complexity index is 795. The molecular weight excluding hydrogens is 439 g/mol. The molecular formula is C17H17IN2O5. The zero-order valence-corrected chi connectivity index (χ0v) is 16.0. The number of hydrogen-bond acceptors (Lipinski definition) is 5. The Balaban J connectivity index is 2.32. The lowest BCUT2D eigenvalue weighted by atomic mass is 10.1. The lowest BCUT2D eigenvalue weighted by Crippen LogP contribution is -2.22. The molecule has 0 aliphatic rings. The maximum absolute atomic E-state index is 12.3. The summed E-state index contributed by atoms with van der Waals surface area (Å²) < 4.78 is 16.0. The Labute approximate surface area is 158 Å². The van der Waals surface area contributed by atoms with Crippen molar-refractivity contribution in [1.82, 2.24) is 0 Å². The first-order valence-electron chi connectivity index (χ1n) is 7.17. The van der Waals surface area contributed by atoms with Crippen LogP contribution in [0.3, 0.4) is 0 Å². The molecule has 2 aromatic carbocycles. The summed E-state index contributed by atoms with van der Waals surface area (Å²) in [7, 11) is 4.18. The van der Waals surface area contributed by atoms with E-state index in [2.05, 4.69) is 33.2 Å². The molecule has 2 aromatic rings. The number of hydrogen-bond donors (Lipinski definition) is 2. The molecule has 0 radical (unpaired) electrons. The number of urea groups is 1. The van der Waals surface area contributed by atoms with Gasteiger partial charge in [-0.1, -0.05) is 12.1 Å². The van der Waals surface area contributed by atoms with Gasteiger partial charge in [0, 0.05) is 15.7 Å². The van der Waals surface area contributed by atoms with Crippen molar-refractivity contribution < 1.29 is 23.8 Å². The van der Waals surface area contributed by atoms with Gasteiger partial charge in [-0.15, -0.1) is 0 Å². The predicted molar refractivity (Wildman–Crippen MR) is 103 cm³/mol. The summed E-state index contributed by atoms with van der Waals surface area (Å²) in [5, 5.41) is 5.36. The number of rotatable bonds is 5. The highest BCUT2D eigenvalue weighted by atomic mass is 127. The van der Waals surface area contributed by atoms with Gasteiger partial charge in [0.2, 0.25) is 0 Å². The summed E-state index contributed by atoms with van der Waals surface area (Å²) in [6.45, 7) is 0. The number of nitrogens with one attached hydrogen (secondary N) is 2. The van der Waals surface area contributed by atoms with E-state index in [4.69, 9.17) is 14.2 Å². The van der Waals surface area contributed by atoms with E-state index in [1.54, 1.807) is 6.07 Å². The van der Waals surface area contributed by atoms with E-state index in [0.29, 0.717) is 17.2 Å². The second-order valence-corrected chi connectivity index (χ2v) is 5.97. The standard InChI is InChI=1S/C17H17IN2O5/c1-23-14-8-10(16(21)25-3)13(9-15(14)24-2)20-17(22)19-12-7-5-4-6-11(12)18/h4-9H,1-3H3,(H2,19,20,22). The molecule has 0 saturated carbocycles. The number of methoxy groups -OCH3 is 3. The smallest absolute Gasteiger partial charge is 0.340 e. The second kappa shape index (κ2) is 8.56. The van der Waals surface area contributed by atoms with Gasteiger partial charge in [-0.2, -0.15) is 0 Å². The molecule has 0 spiro atoms. The number of carbonyl (C=O) groups is 2. The van der Waals surface area contributed by atoms with Gasteiger partial charge >= 0.3 is 12.0 Å². The van der Waals surface area contributed by atoms with Crippen molar-refractivity contribution in [1.29, 1.82) is 0 Å². The van der Waals surface area contributed by atoms with Gasteiger partial charge in [0.1, 0.15) is 0 Å². The topological polar surface area (TPSA) is 85.9 Å². The Kier molecular flexibility index (Phi) is 6.45. The van der Waals surface area contributed by atoms with Crippen molar-refractivity contribution in [2.24, 2.45) is 0 Å². The zero-order valence-electron chi connectivity index (χ0n) is 13.9. The molecule has 0 aliphatic heterocycles. The Morgan fingerprint density at radius 1 is 0.920 bits per heavy atom. The summed E-state index contributed by atoms with van der Waals surface area (Å²) in [5.74, 6) is 0.122. The number of para-hydroxylation sites is 1. The Hall–Kier alpha value is -2.49. The van der Waals surface area contributed by atoms with Crippen LogP contribution in [-0.4, -0.2) is 33.3 Å². The highest BCUT2D eigenvalue weighted by Gasteiger charge is 2.19. The van der Waals surface area contributed by atoms with E-state index < -0.39 is 12.0 Å². The van der Waals surface area contributed by atoms with E-state index >= 15 is 0 Å². The lowest BCUT2D eigenvalue weighted by Gasteiger charge is -2.15. The molecule has 2 N–H and O–H groups in total. The maximum Gasteiger partial charge on any atom is 0.340 e. The molecule has 0 saturated heterocycles. The fraction of sp³-hybridized carbons (Fsp3) is 0.176. The summed E-state index contributed by atoms with van der Waals surface area (Å²) in [5.41, 5.74) is 1.05. The number of anilines is 2. The van der Waals surface area contributed by atoms with Crippen LogP contribution in [0, 0.1) is 3.57 Å². The number of halogens is 1. The first-order valence-corrected chi connectivity index (χ1v) is 8.25. The van der Waals surface area contributed by atoms with Crippen LogP contribution in [0.25, 0.3) is 0 Å². The van der Waals surface area contributed by atoms with Crippen LogP contribution >= 0.6 is 22.6 Å². The van der Waals surface area contributed by atoms with Crippen LogP contribution in [0.15, 0.2) is 36.4 Å². The molecule has 8 heteroatoms. The van der Waals surface area contributed by atoms with Gasteiger partial charge in [-0.3, -0.25) is 0 Å². The van der Waals surface area contributed by atoms with Gasteiger partial charge in [0.15, 0.2) is 11.5 Å².